The molecule has 0 aliphatic carbocycles. The van der Waals surface area contributed by atoms with Crippen LogP contribution in [-0.4, -0.2) is 49.8 Å². The Hall–Kier alpha value is -5.03. The van der Waals surface area contributed by atoms with Crippen LogP contribution in [0.15, 0.2) is 72.1 Å². The number of hydrogen-bond acceptors (Lipinski definition) is 8. The molecule has 10 nitrogen and oxygen atoms in total. The van der Waals surface area contributed by atoms with Gasteiger partial charge in [0, 0.05) is 37.0 Å². The van der Waals surface area contributed by atoms with Gasteiger partial charge in [0.25, 0.3) is 11.8 Å². The van der Waals surface area contributed by atoms with Crippen molar-refractivity contribution >= 4 is 45.7 Å². The molecular formula is C33H29ClFN3O7. The maximum absolute atomic E-state index is 13.5. The average Bonchev–Trinajstić information content (AvgIpc) is 3.03. The Morgan fingerprint density at radius 3 is 2.49 bits per heavy atom. The van der Waals surface area contributed by atoms with Crippen molar-refractivity contribution in [2.45, 2.75) is 20.3 Å². The van der Waals surface area contributed by atoms with E-state index in [4.69, 9.17) is 35.3 Å². The standard InChI is InChI=1S/C33H29ClFN3O7/c1-3-41-25-12-14-38(20-7-5-19(35)6-8-20)33(40)29(25)32(39)37-23-10-9-21(17-22(23)34)45-26-11-13-36-24-18-27(42-4-2)30-31(28(24)26)44-16-15-43-30/h5-11,13,17-18H,3-4,12,14-16H2,1-2H3,(H,37,39). The fraction of sp³-hybridized carbons (Fsp3) is 0.242. The van der Waals surface area contributed by atoms with Gasteiger partial charge in [0.1, 0.15) is 41.9 Å². The van der Waals surface area contributed by atoms with Crippen LogP contribution in [0.2, 0.25) is 5.02 Å². The number of ether oxygens (including phenoxy) is 5. The largest absolute Gasteiger partial charge is 0.497 e. The van der Waals surface area contributed by atoms with Crippen LogP contribution < -0.4 is 29.2 Å². The third kappa shape index (κ3) is 6.03. The summed E-state index contributed by atoms with van der Waals surface area (Å²) in [4.78, 5) is 32.9. The van der Waals surface area contributed by atoms with Crippen molar-refractivity contribution in [1.82, 2.24) is 4.98 Å². The first kappa shape index (κ1) is 30.0. The van der Waals surface area contributed by atoms with E-state index in [1.165, 1.54) is 29.2 Å². The van der Waals surface area contributed by atoms with E-state index in [-0.39, 0.29) is 35.2 Å². The summed E-state index contributed by atoms with van der Waals surface area (Å²) in [7, 11) is 0. The summed E-state index contributed by atoms with van der Waals surface area (Å²) in [6.07, 6.45) is 1.92. The fourth-order valence-electron chi connectivity index (χ4n) is 5.20. The molecule has 2 aliphatic heterocycles. The van der Waals surface area contributed by atoms with Crippen LogP contribution in [0.3, 0.4) is 0 Å². The zero-order valence-electron chi connectivity index (χ0n) is 24.5. The van der Waals surface area contributed by atoms with Gasteiger partial charge in [0.2, 0.25) is 5.75 Å². The van der Waals surface area contributed by atoms with E-state index in [1.807, 2.05) is 6.92 Å². The Kier molecular flexibility index (Phi) is 8.61. The highest BCUT2D eigenvalue weighted by Gasteiger charge is 2.34. The van der Waals surface area contributed by atoms with E-state index >= 15 is 0 Å². The second kappa shape index (κ2) is 12.9. The van der Waals surface area contributed by atoms with Crippen LogP contribution in [0.1, 0.15) is 20.3 Å². The topological polar surface area (TPSA) is 108 Å². The zero-order chi connectivity index (χ0) is 31.5. The Labute approximate surface area is 263 Å². The number of fused-ring (bicyclic) bond motifs is 3. The second-order valence-electron chi connectivity index (χ2n) is 9.98. The first-order valence-corrected chi connectivity index (χ1v) is 14.8. The van der Waals surface area contributed by atoms with Crippen LogP contribution in [0.4, 0.5) is 15.8 Å². The molecule has 0 radical (unpaired) electrons. The maximum Gasteiger partial charge on any atom is 0.267 e. The van der Waals surface area contributed by atoms with Crippen molar-refractivity contribution in [1.29, 1.82) is 0 Å². The summed E-state index contributed by atoms with van der Waals surface area (Å²) < 4.78 is 42.9. The molecule has 3 heterocycles. The number of halogens is 2. The molecule has 1 aromatic heterocycles. The number of pyridine rings is 1. The predicted octanol–water partition coefficient (Wildman–Crippen LogP) is 6.66. The van der Waals surface area contributed by atoms with Gasteiger partial charge in [-0.3, -0.25) is 14.6 Å². The van der Waals surface area contributed by atoms with Gasteiger partial charge in [-0.1, -0.05) is 11.6 Å². The molecule has 4 aromatic rings. The van der Waals surface area contributed by atoms with Crippen LogP contribution in [0.25, 0.3) is 10.9 Å². The van der Waals surface area contributed by atoms with Crippen molar-refractivity contribution in [2.75, 3.05) is 43.2 Å². The van der Waals surface area contributed by atoms with Crippen molar-refractivity contribution in [2.24, 2.45) is 0 Å². The third-order valence-corrected chi connectivity index (χ3v) is 7.46. The van der Waals surface area contributed by atoms with Gasteiger partial charge >= 0.3 is 0 Å². The molecular weight excluding hydrogens is 605 g/mol. The number of amides is 2. The molecule has 6 rings (SSSR count). The number of anilines is 2. The number of hydrogen-bond donors (Lipinski definition) is 1. The van der Waals surface area contributed by atoms with Crippen LogP contribution in [-0.2, 0) is 14.3 Å². The third-order valence-electron chi connectivity index (χ3n) is 7.14. The van der Waals surface area contributed by atoms with E-state index in [1.54, 1.807) is 43.5 Å². The van der Waals surface area contributed by atoms with Crippen LogP contribution in [0.5, 0.6) is 28.7 Å². The van der Waals surface area contributed by atoms with Crippen molar-refractivity contribution in [3.63, 3.8) is 0 Å². The summed E-state index contributed by atoms with van der Waals surface area (Å²) in [5, 5.41) is 3.52. The lowest BCUT2D eigenvalue weighted by atomic mass is 10.0. The molecule has 0 atom stereocenters. The SMILES string of the molecule is CCOC1=C(C(=O)Nc2ccc(Oc3ccnc4cc(OCC)c5c(c34)OCCO5)cc2Cl)C(=O)N(c2ccc(F)cc2)CC1. The van der Waals surface area contributed by atoms with Gasteiger partial charge in [-0.05, 0) is 56.3 Å². The highest BCUT2D eigenvalue weighted by Crippen LogP contribution is 2.48. The normalized spacial score (nSPS) is 14.4. The van der Waals surface area contributed by atoms with Crippen LogP contribution >= 0.6 is 11.6 Å². The number of aromatic nitrogens is 1. The lowest BCUT2D eigenvalue weighted by Crippen LogP contribution is -2.41. The molecule has 0 saturated heterocycles. The number of nitrogens with zero attached hydrogens (tertiary/aromatic N) is 2. The molecule has 3 aromatic carbocycles. The Bertz CT molecular complexity index is 1810. The molecule has 0 spiro atoms. The zero-order valence-corrected chi connectivity index (χ0v) is 25.3. The van der Waals surface area contributed by atoms with Gasteiger partial charge in [-0.25, -0.2) is 4.39 Å². The minimum Gasteiger partial charge on any atom is -0.497 e. The average molecular weight is 634 g/mol. The lowest BCUT2D eigenvalue weighted by Gasteiger charge is -2.29. The molecule has 232 valence electrons. The van der Waals surface area contributed by atoms with Gasteiger partial charge in [0.15, 0.2) is 11.5 Å². The minimum absolute atomic E-state index is 0.148. The van der Waals surface area contributed by atoms with E-state index in [0.29, 0.717) is 71.6 Å². The summed E-state index contributed by atoms with van der Waals surface area (Å²) in [5.41, 5.74) is 1.18. The number of carbonyl (C=O) groups is 2. The van der Waals surface area contributed by atoms with Gasteiger partial charge in [-0.15, -0.1) is 0 Å². The highest BCUT2D eigenvalue weighted by molar-refractivity contribution is 6.35. The quantitative estimate of drug-likeness (QED) is 0.204. The van der Waals surface area contributed by atoms with Gasteiger partial charge in [-0.2, -0.15) is 0 Å². The molecule has 2 amide bonds. The van der Waals surface area contributed by atoms with E-state index in [0.717, 1.165) is 0 Å². The number of nitrogens with one attached hydrogen (secondary N) is 1. The molecule has 0 fully saturated rings. The lowest BCUT2D eigenvalue weighted by molar-refractivity contribution is -0.120. The monoisotopic (exact) mass is 633 g/mol. The molecule has 1 N–H and O–H groups in total. The van der Waals surface area contributed by atoms with Gasteiger partial charge in [0.05, 0.1) is 34.8 Å². The number of rotatable bonds is 9. The van der Waals surface area contributed by atoms with Crippen molar-refractivity contribution < 1.29 is 37.7 Å². The maximum atomic E-state index is 13.5. The summed E-state index contributed by atoms with van der Waals surface area (Å²) >= 11 is 6.59. The first-order chi connectivity index (χ1) is 21.9. The highest BCUT2D eigenvalue weighted by atomic mass is 35.5. The summed E-state index contributed by atoms with van der Waals surface area (Å²) in [6.45, 7) is 5.40. The number of carbonyl (C=O) groups excluding carboxylic acids is 2. The van der Waals surface area contributed by atoms with E-state index < -0.39 is 17.6 Å². The second-order valence-corrected chi connectivity index (χ2v) is 10.4. The first-order valence-electron chi connectivity index (χ1n) is 14.4. The summed E-state index contributed by atoms with van der Waals surface area (Å²) in [6, 6.07) is 13.7. The molecule has 12 heteroatoms. The Morgan fingerprint density at radius 2 is 1.76 bits per heavy atom. The van der Waals surface area contributed by atoms with Crippen molar-refractivity contribution in [3.05, 3.63) is 83.0 Å². The minimum atomic E-state index is -0.681. The number of benzene rings is 3. The predicted molar refractivity (Wildman–Crippen MR) is 166 cm³/mol. The van der Waals surface area contributed by atoms with Gasteiger partial charge < -0.3 is 33.9 Å². The van der Waals surface area contributed by atoms with Crippen molar-refractivity contribution in [3.8, 4) is 28.7 Å². The Morgan fingerprint density at radius 1 is 1.00 bits per heavy atom. The van der Waals surface area contributed by atoms with Crippen LogP contribution in [0, 0.1) is 5.82 Å². The van der Waals surface area contributed by atoms with E-state index in [9.17, 15) is 14.0 Å². The molecule has 2 aliphatic rings. The van der Waals surface area contributed by atoms with E-state index in [2.05, 4.69) is 10.3 Å². The summed E-state index contributed by atoms with van der Waals surface area (Å²) in [5.74, 6) is 0.951. The molecule has 0 unspecified atom stereocenters. The molecule has 0 saturated carbocycles. The smallest absolute Gasteiger partial charge is 0.267 e. The molecule has 45 heavy (non-hydrogen) atoms. The Balaban J connectivity index is 1.25. The fourth-order valence-corrected chi connectivity index (χ4v) is 5.42. The molecule has 0 bridgehead atoms.